The van der Waals surface area contributed by atoms with Crippen LogP contribution in [0.25, 0.3) is 0 Å². The molecule has 1 aliphatic rings. The molecule has 0 aromatic heterocycles. The zero-order chi connectivity index (χ0) is 10.7. The van der Waals surface area contributed by atoms with Gasteiger partial charge in [-0.3, -0.25) is 4.79 Å². The maximum Gasteiger partial charge on any atom is 0.248 e. The second-order valence-corrected chi connectivity index (χ2v) is 4.80. The molecule has 2 rings (SSSR count). The Hall–Kier alpha value is -1.16. The van der Waals surface area contributed by atoms with Crippen molar-refractivity contribution in [3.05, 3.63) is 29.8 Å². The number of hydrogen-bond donors (Lipinski definition) is 2. The van der Waals surface area contributed by atoms with Crippen LogP contribution in [0, 0.1) is 0 Å². The second-order valence-electron chi connectivity index (χ2n) is 3.65. The monoisotopic (exact) mass is 222 g/mol. The Kier molecular flexibility index (Phi) is 3.16. The molecule has 1 atom stereocenters. The summed E-state index contributed by atoms with van der Waals surface area (Å²) in [5.41, 5.74) is 6.78. The third-order valence-corrected chi connectivity index (χ3v) is 3.63. The summed E-state index contributed by atoms with van der Waals surface area (Å²) in [6.45, 7) is 0. The summed E-state index contributed by atoms with van der Waals surface area (Å²) in [5, 5.41) is 3.43. The van der Waals surface area contributed by atoms with Crippen LogP contribution < -0.4 is 11.1 Å². The Morgan fingerprint density at radius 3 is 2.67 bits per heavy atom. The topological polar surface area (TPSA) is 55.1 Å². The molecule has 0 unspecified atom stereocenters. The molecule has 1 aliphatic heterocycles. The zero-order valence-corrected chi connectivity index (χ0v) is 9.22. The lowest BCUT2D eigenvalue weighted by Crippen LogP contribution is -2.18. The molecule has 80 valence electrons. The summed E-state index contributed by atoms with van der Waals surface area (Å²) in [6, 6.07) is 7.89. The van der Waals surface area contributed by atoms with Crippen LogP contribution in [0.1, 0.15) is 16.8 Å². The predicted octanol–water partition coefficient (Wildman–Crippen LogP) is 1.70. The molecule has 0 bridgehead atoms. The van der Waals surface area contributed by atoms with Gasteiger partial charge in [-0.1, -0.05) is 0 Å². The van der Waals surface area contributed by atoms with E-state index in [1.165, 1.54) is 12.2 Å². The van der Waals surface area contributed by atoms with Crippen molar-refractivity contribution < 1.29 is 4.79 Å². The van der Waals surface area contributed by atoms with Gasteiger partial charge in [0.05, 0.1) is 0 Å². The van der Waals surface area contributed by atoms with E-state index in [2.05, 4.69) is 5.32 Å². The lowest BCUT2D eigenvalue weighted by Gasteiger charge is -2.12. The Bertz CT molecular complexity index is 344. The van der Waals surface area contributed by atoms with Crippen molar-refractivity contribution in [2.45, 2.75) is 12.5 Å². The largest absolute Gasteiger partial charge is 0.381 e. The first-order chi connectivity index (χ1) is 7.25. The van der Waals surface area contributed by atoms with E-state index in [9.17, 15) is 4.79 Å². The fourth-order valence-electron chi connectivity index (χ4n) is 1.61. The number of rotatable bonds is 3. The number of thioether (sulfide) groups is 1. The Labute approximate surface area is 93.4 Å². The first-order valence-corrected chi connectivity index (χ1v) is 6.15. The number of anilines is 1. The van der Waals surface area contributed by atoms with E-state index in [1.54, 1.807) is 12.1 Å². The third-order valence-electron chi connectivity index (χ3n) is 2.47. The fourth-order valence-corrected chi connectivity index (χ4v) is 2.77. The Morgan fingerprint density at radius 2 is 2.13 bits per heavy atom. The summed E-state index contributed by atoms with van der Waals surface area (Å²) >= 11 is 1.97. The Morgan fingerprint density at radius 1 is 1.40 bits per heavy atom. The highest BCUT2D eigenvalue weighted by Crippen LogP contribution is 2.21. The van der Waals surface area contributed by atoms with E-state index in [-0.39, 0.29) is 5.91 Å². The summed E-state index contributed by atoms with van der Waals surface area (Å²) in [5.74, 6) is 2.02. The van der Waals surface area contributed by atoms with Crippen molar-refractivity contribution in [1.29, 1.82) is 0 Å². The van der Waals surface area contributed by atoms with Crippen LogP contribution in [0.3, 0.4) is 0 Å². The highest BCUT2D eigenvalue weighted by molar-refractivity contribution is 7.99. The zero-order valence-electron chi connectivity index (χ0n) is 8.40. The molecule has 1 heterocycles. The van der Waals surface area contributed by atoms with Crippen LogP contribution >= 0.6 is 11.8 Å². The number of primary amides is 1. The first-order valence-electron chi connectivity index (χ1n) is 5.00. The summed E-state index contributed by atoms with van der Waals surface area (Å²) in [4.78, 5) is 10.9. The lowest BCUT2D eigenvalue weighted by molar-refractivity contribution is 0.100. The molecule has 3 N–H and O–H groups in total. The van der Waals surface area contributed by atoms with Gasteiger partial charge in [0.1, 0.15) is 0 Å². The average molecular weight is 222 g/mol. The SMILES string of the molecule is NC(=O)c1ccc(N[C@@H]2CCSC2)cc1. The van der Waals surface area contributed by atoms with E-state index in [1.807, 2.05) is 23.9 Å². The molecule has 1 amide bonds. The van der Waals surface area contributed by atoms with Crippen molar-refractivity contribution in [3.63, 3.8) is 0 Å². The second kappa shape index (κ2) is 4.57. The van der Waals surface area contributed by atoms with Crippen molar-refractivity contribution in [1.82, 2.24) is 0 Å². The van der Waals surface area contributed by atoms with Crippen LogP contribution in [-0.2, 0) is 0 Å². The maximum atomic E-state index is 10.9. The van der Waals surface area contributed by atoms with Gasteiger partial charge < -0.3 is 11.1 Å². The molecule has 3 nitrogen and oxygen atoms in total. The van der Waals surface area contributed by atoms with E-state index in [0.29, 0.717) is 11.6 Å². The molecule has 0 radical (unpaired) electrons. The molecular weight excluding hydrogens is 208 g/mol. The average Bonchev–Trinajstić information content (AvgIpc) is 2.71. The molecule has 0 spiro atoms. The van der Waals surface area contributed by atoms with Crippen LogP contribution in [0.2, 0.25) is 0 Å². The number of benzene rings is 1. The smallest absolute Gasteiger partial charge is 0.248 e. The molecular formula is C11H14N2OS. The number of amides is 1. The van der Waals surface area contributed by atoms with Gasteiger partial charge in [-0.2, -0.15) is 11.8 Å². The van der Waals surface area contributed by atoms with Gasteiger partial charge >= 0.3 is 0 Å². The van der Waals surface area contributed by atoms with Crippen molar-refractivity contribution >= 4 is 23.4 Å². The molecule has 1 aromatic carbocycles. The van der Waals surface area contributed by atoms with Gasteiger partial charge in [0.25, 0.3) is 0 Å². The maximum absolute atomic E-state index is 10.9. The van der Waals surface area contributed by atoms with Crippen LogP contribution in [0.4, 0.5) is 5.69 Å². The number of nitrogens with two attached hydrogens (primary N) is 1. The van der Waals surface area contributed by atoms with Crippen molar-refractivity contribution in [3.8, 4) is 0 Å². The molecule has 0 aliphatic carbocycles. The highest BCUT2D eigenvalue weighted by Gasteiger charge is 2.14. The minimum Gasteiger partial charge on any atom is -0.381 e. The molecule has 0 saturated carbocycles. The highest BCUT2D eigenvalue weighted by atomic mass is 32.2. The number of nitrogens with one attached hydrogen (secondary N) is 1. The molecule has 1 saturated heterocycles. The van der Waals surface area contributed by atoms with E-state index in [4.69, 9.17) is 5.73 Å². The van der Waals surface area contributed by atoms with Crippen LogP contribution in [0.5, 0.6) is 0 Å². The summed E-state index contributed by atoms with van der Waals surface area (Å²) in [7, 11) is 0. The van der Waals surface area contributed by atoms with Gasteiger partial charge in [0.15, 0.2) is 0 Å². The quantitative estimate of drug-likeness (QED) is 0.818. The van der Waals surface area contributed by atoms with E-state index in [0.717, 1.165) is 11.4 Å². The molecule has 4 heteroatoms. The fraction of sp³-hybridized carbons (Fsp3) is 0.364. The molecule has 15 heavy (non-hydrogen) atoms. The minimum absolute atomic E-state index is 0.377. The number of carbonyl (C=O) groups excluding carboxylic acids is 1. The van der Waals surface area contributed by atoms with Crippen molar-refractivity contribution in [2.24, 2.45) is 5.73 Å². The standard InChI is InChI=1S/C11H14N2OS/c12-11(14)8-1-3-9(4-2-8)13-10-5-6-15-7-10/h1-4,10,13H,5-7H2,(H2,12,14)/t10-/m1/s1. The summed E-state index contributed by atoms with van der Waals surface area (Å²) in [6.07, 6.45) is 1.21. The van der Waals surface area contributed by atoms with Crippen molar-refractivity contribution in [2.75, 3.05) is 16.8 Å². The van der Waals surface area contributed by atoms with Crippen LogP contribution in [0.15, 0.2) is 24.3 Å². The predicted molar refractivity (Wildman–Crippen MR) is 64.3 cm³/mol. The van der Waals surface area contributed by atoms with E-state index >= 15 is 0 Å². The molecule has 1 fully saturated rings. The van der Waals surface area contributed by atoms with Crippen LogP contribution in [-0.4, -0.2) is 23.5 Å². The minimum atomic E-state index is -0.377. The first kappa shape index (κ1) is 10.4. The Balaban J connectivity index is 2.00. The molecule has 1 aromatic rings. The van der Waals surface area contributed by atoms with Gasteiger partial charge in [-0.25, -0.2) is 0 Å². The number of hydrogen-bond acceptors (Lipinski definition) is 3. The van der Waals surface area contributed by atoms with Gasteiger partial charge in [-0.15, -0.1) is 0 Å². The van der Waals surface area contributed by atoms with Gasteiger partial charge in [0.2, 0.25) is 5.91 Å². The normalized spacial score (nSPS) is 20.1. The van der Waals surface area contributed by atoms with Gasteiger partial charge in [-0.05, 0) is 36.4 Å². The van der Waals surface area contributed by atoms with E-state index < -0.39 is 0 Å². The lowest BCUT2D eigenvalue weighted by atomic mass is 10.2. The van der Waals surface area contributed by atoms with Gasteiger partial charge in [0, 0.05) is 23.0 Å². The summed E-state index contributed by atoms with van der Waals surface area (Å²) < 4.78 is 0. The number of carbonyl (C=O) groups is 1. The third kappa shape index (κ3) is 2.65.